The van der Waals surface area contributed by atoms with Crippen LogP contribution in [0.15, 0.2) is 0 Å². The molecule has 0 aromatic carbocycles. The molecule has 20 heavy (non-hydrogen) atoms. The number of carboxylic acids is 1. The van der Waals surface area contributed by atoms with Crippen molar-refractivity contribution in [2.24, 2.45) is 11.8 Å². The third kappa shape index (κ3) is 9.64. The number of hydrogen-bond donors (Lipinski definition) is 3. The lowest BCUT2D eigenvalue weighted by molar-refractivity contribution is -0.141. The Labute approximate surface area is 122 Å². The number of carbonyl (C=O) groups excluding carboxylic acids is 1. The summed E-state index contributed by atoms with van der Waals surface area (Å²) in [5.41, 5.74) is 0. The third-order valence-electron chi connectivity index (χ3n) is 3.62. The second-order valence-corrected chi connectivity index (χ2v) is 5.43. The normalized spacial score (nSPS) is 13.6. The first-order valence-electron chi connectivity index (χ1n) is 7.75. The van der Waals surface area contributed by atoms with Gasteiger partial charge in [-0.05, 0) is 25.2 Å². The van der Waals surface area contributed by atoms with E-state index in [4.69, 9.17) is 5.11 Å². The highest BCUT2D eigenvalue weighted by Gasteiger charge is 2.10. The van der Waals surface area contributed by atoms with Crippen LogP contribution in [0.4, 0.5) is 4.79 Å². The van der Waals surface area contributed by atoms with Crippen molar-refractivity contribution in [2.75, 3.05) is 13.1 Å². The summed E-state index contributed by atoms with van der Waals surface area (Å²) < 4.78 is 0. The Morgan fingerprint density at radius 3 is 2.35 bits per heavy atom. The summed E-state index contributed by atoms with van der Waals surface area (Å²) in [6.07, 6.45) is 5.90. The van der Waals surface area contributed by atoms with Crippen molar-refractivity contribution in [3.8, 4) is 0 Å². The van der Waals surface area contributed by atoms with Gasteiger partial charge in [0.05, 0.1) is 5.92 Å². The van der Waals surface area contributed by atoms with Crippen LogP contribution in [0.1, 0.15) is 59.3 Å². The molecule has 0 spiro atoms. The van der Waals surface area contributed by atoms with Gasteiger partial charge in [0.1, 0.15) is 0 Å². The van der Waals surface area contributed by atoms with E-state index in [2.05, 4.69) is 24.5 Å². The van der Waals surface area contributed by atoms with Crippen molar-refractivity contribution in [3.05, 3.63) is 0 Å². The first-order valence-corrected chi connectivity index (χ1v) is 7.75. The van der Waals surface area contributed by atoms with Crippen LogP contribution < -0.4 is 10.6 Å². The molecule has 5 nitrogen and oxygen atoms in total. The van der Waals surface area contributed by atoms with Crippen molar-refractivity contribution >= 4 is 12.0 Å². The van der Waals surface area contributed by atoms with Gasteiger partial charge < -0.3 is 15.7 Å². The van der Waals surface area contributed by atoms with Crippen LogP contribution in [-0.2, 0) is 4.79 Å². The van der Waals surface area contributed by atoms with Gasteiger partial charge in [-0.2, -0.15) is 0 Å². The zero-order chi connectivity index (χ0) is 15.4. The zero-order valence-electron chi connectivity index (χ0n) is 13.1. The van der Waals surface area contributed by atoms with Crippen LogP contribution >= 0.6 is 0 Å². The molecule has 5 heteroatoms. The van der Waals surface area contributed by atoms with E-state index >= 15 is 0 Å². The lowest BCUT2D eigenvalue weighted by atomic mass is 9.99. The molecule has 0 saturated heterocycles. The van der Waals surface area contributed by atoms with Crippen LogP contribution in [0.3, 0.4) is 0 Å². The summed E-state index contributed by atoms with van der Waals surface area (Å²) in [6, 6.07) is -0.150. The van der Waals surface area contributed by atoms with E-state index < -0.39 is 5.97 Å². The van der Waals surface area contributed by atoms with Gasteiger partial charge in [0, 0.05) is 13.1 Å². The molecule has 0 rings (SSSR count). The standard InChI is InChI=1S/C15H30N2O3/c1-4-6-9-13(5-2)11-17-15(20)16-10-7-8-12(3)14(18)19/h12-13H,4-11H2,1-3H3,(H,18,19)(H2,16,17,20). The van der Waals surface area contributed by atoms with Crippen molar-refractivity contribution in [3.63, 3.8) is 0 Å². The SMILES string of the molecule is CCCCC(CC)CNC(=O)NCCCC(C)C(=O)O. The molecule has 0 fully saturated rings. The van der Waals surface area contributed by atoms with Crippen molar-refractivity contribution in [1.82, 2.24) is 10.6 Å². The largest absolute Gasteiger partial charge is 0.481 e. The predicted octanol–water partition coefficient (Wildman–Crippen LogP) is 3.00. The minimum Gasteiger partial charge on any atom is -0.481 e. The monoisotopic (exact) mass is 286 g/mol. The van der Waals surface area contributed by atoms with Gasteiger partial charge in [0.2, 0.25) is 0 Å². The molecule has 2 amide bonds. The molecule has 0 aliphatic rings. The quantitative estimate of drug-likeness (QED) is 0.511. The van der Waals surface area contributed by atoms with Crippen LogP contribution in [0, 0.1) is 11.8 Å². The first kappa shape index (κ1) is 18.7. The van der Waals surface area contributed by atoms with E-state index in [1.807, 2.05) is 0 Å². The van der Waals surface area contributed by atoms with Crippen LogP contribution in [0.2, 0.25) is 0 Å². The molecule has 0 saturated carbocycles. The molecule has 0 bridgehead atoms. The van der Waals surface area contributed by atoms with Crippen LogP contribution in [0.25, 0.3) is 0 Å². The minimum atomic E-state index is -0.781. The van der Waals surface area contributed by atoms with Crippen LogP contribution in [-0.4, -0.2) is 30.2 Å². The lowest BCUT2D eigenvalue weighted by Gasteiger charge is -2.15. The Balaban J connectivity index is 3.65. The minimum absolute atomic E-state index is 0.150. The number of aliphatic carboxylic acids is 1. The smallest absolute Gasteiger partial charge is 0.314 e. The maximum atomic E-state index is 11.6. The number of nitrogens with one attached hydrogen (secondary N) is 2. The second kappa shape index (κ2) is 11.6. The van der Waals surface area contributed by atoms with Gasteiger partial charge in [0.25, 0.3) is 0 Å². The molecule has 0 radical (unpaired) electrons. The molecular formula is C15H30N2O3. The average Bonchev–Trinajstić information content (AvgIpc) is 2.43. The van der Waals surface area contributed by atoms with E-state index in [-0.39, 0.29) is 11.9 Å². The highest BCUT2D eigenvalue weighted by Crippen LogP contribution is 2.11. The number of amides is 2. The van der Waals surface area contributed by atoms with Gasteiger partial charge in [-0.15, -0.1) is 0 Å². The number of rotatable bonds is 11. The van der Waals surface area contributed by atoms with Crippen molar-refractivity contribution < 1.29 is 14.7 Å². The van der Waals surface area contributed by atoms with Crippen molar-refractivity contribution in [2.45, 2.75) is 59.3 Å². The Morgan fingerprint density at radius 2 is 1.80 bits per heavy atom. The molecular weight excluding hydrogens is 256 g/mol. The fraction of sp³-hybridized carbons (Fsp3) is 0.867. The van der Waals surface area contributed by atoms with E-state index in [0.717, 1.165) is 12.8 Å². The van der Waals surface area contributed by atoms with Crippen molar-refractivity contribution in [1.29, 1.82) is 0 Å². The lowest BCUT2D eigenvalue weighted by Crippen LogP contribution is -2.38. The first-order chi connectivity index (χ1) is 9.51. The number of urea groups is 1. The summed E-state index contributed by atoms with van der Waals surface area (Å²) in [4.78, 5) is 22.2. The molecule has 0 aromatic heterocycles. The molecule has 118 valence electrons. The Hall–Kier alpha value is -1.26. The Bertz CT molecular complexity index is 282. The Kier molecular flexibility index (Phi) is 10.8. The number of carboxylic acid groups (broad SMARTS) is 1. The maximum absolute atomic E-state index is 11.6. The summed E-state index contributed by atoms with van der Waals surface area (Å²) in [5.74, 6) is -0.581. The van der Waals surface area contributed by atoms with E-state index in [0.29, 0.717) is 31.8 Å². The summed E-state index contributed by atoms with van der Waals surface area (Å²) in [6.45, 7) is 7.24. The highest BCUT2D eigenvalue weighted by atomic mass is 16.4. The topological polar surface area (TPSA) is 78.4 Å². The van der Waals surface area contributed by atoms with Gasteiger partial charge in [0.15, 0.2) is 0 Å². The van der Waals surface area contributed by atoms with Gasteiger partial charge >= 0.3 is 12.0 Å². The molecule has 0 heterocycles. The molecule has 0 aliphatic heterocycles. The highest BCUT2D eigenvalue weighted by molar-refractivity contribution is 5.73. The summed E-state index contributed by atoms with van der Waals surface area (Å²) in [5, 5.41) is 14.4. The zero-order valence-corrected chi connectivity index (χ0v) is 13.1. The molecule has 0 aliphatic carbocycles. The maximum Gasteiger partial charge on any atom is 0.314 e. The van der Waals surface area contributed by atoms with Gasteiger partial charge in [-0.25, -0.2) is 4.79 Å². The molecule has 2 atom stereocenters. The third-order valence-corrected chi connectivity index (χ3v) is 3.62. The summed E-state index contributed by atoms with van der Waals surface area (Å²) >= 11 is 0. The second-order valence-electron chi connectivity index (χ2n) is 5.43. The van der Waals surface area contributed by atoms with E-state index in [1.165, 1.54) is 12.8 Å². The predicted molar refractivity (Wildman–Crippen MR) is 80.7 cm³/mol. The van der Waals surface area contributed by atoms with Gasteiger partial charge in [-0.3, -0.25) is 4.79 Å². The molecule has 0 aromatic rings. The number of carbonyl (C=O) groups is 2. The number of hydrogen-bond acceptors (Lipinski definition) is 2. The van der Waals surface area contributed by atoms with Crippen LogP contribution in [0.5, 0.6) is 0 Å². The average molecular weight is 286 g/mol. The summed E-state index contributed by atoms with van der Waals surface area (Å²) in [7, 11) is 0. The fourth-order valence-corrected chi connectivity index (χ4v) is 1.98. The van der Waals surface area contributed by atoms with E-state index in [9.17, 15) is 9.59 Å². The van der Waals surface area contributed by atoms with E-state index in [1.54, 1.807) is 6.92 Å². The number of unbranched alkanes of at least 4 members (excludes halogenated alkanes) is 1. The Morgan fingerprint density at radius 1 is 1.10 bits per heavy atom. The van der Waals surface area contributed by atoms with Gasteiger partial charge in [-0.1, -0.05) is 40.0 Å². The fourth-order valence-electron chi connectivity index (χ4n) is 1.98. The molecule has 2 unspecified atom stereocenters. The molecule has 3 N–H and O–H groups in total.